The minimum Gasteiger partial charge on any atom is -0.423 e. The smallest absolute Gasteiger partial charge is 0.344 e. The van der Waals surface area contributed by atoms with E-state index in [0.717, 1.165) is 43.1 Å². The van der Waals surface area contributed by atoms with Gasteiger partial charge in [-0.15, -0.1) is 0 Å². The summed E-state index contributed by atoms with van der Waals surface area (Å²) in [6.45, 7) is 8.53. The molecule has 0 aliphatic heterocycles. The number of ether oxygens (including phenoxy) is 2. The lowest BCUT2D eigenvalue weighted by Crippen LogP contribution is -2.10. The van der Waals surface area contributed by atoms with Crippen LogP contribution in [0.25, 0.3) is 43.1 Å². The van der Waals surface area contributed by atoms with E-state index in [1.54, 1.807) is 0 Å². The third-order valence-corrected chi connectivity index (χ3v) is 8.62. The molecule has 4 heteroatoms. The SMILES string of the molecule is CC(C)c1ccc(OC(=O)c2ccc3c4cccc5c(C(=O)Oc6ccc(C(C)C)cc6)ccc(c6cccc2c63)c54)cc1. The Hall–Kier alpha value is -5.22. The Morgan fingerprint density at radius 3 is 1.14 bits per heavy atom. The summed E-state index contributed by atoms with van der Waals surface area (Å²) >= 11 is 0. The van der Waals surface area contributed by atoms with Gasteiger partial charge in [0.15, 0.2) is 0 Å². The highest BCUT2D eigenvalue weighted by Gasteiger charge is 2.21. The van der Waals surface area contributed by atoms with Gasteiger partial charge in [-0.2, -0.15) is 0 Å². The summed E-state index contributed by atoms with van der Waals surface area (Å²) in [7, 11) is 0. The molecule has 0 aromatic heterocycles. The van der Waals surface area contributed by atoms with Gasteiger partial charge in [-0.25, -0.2) is 9.59 Å². The molecule has 0 aliphatic rings. The van der Waals surface area contributed by atoms with Crippen molar-refractivity contribution in [3.8, 4) is 11.5 Å². The van der Waals surface area contributed by atoms with E-state index in [0.29, 0.717) is 34.5 Å². The van der Waals surface area contributed by atoms with Crippen LogP contribution in [0.2, 0.25) is 0 Å². The molecule has 7 aromatic rings. The highest BCUT2D eigenvalue weighted by molar-refractivity contribution is 6.35. The molecule has 0 amide bonds. The van der Waals surface area contributed by atoms with Gasteiger partial charge >= 0.3 is 11.9 Å². The van der Waals surface area contributed by atoms with Crippen molar-refractivity contribution in [1.82, 2.24) is 0 Å². The molecule has 7 rings (SSSR count). The van der Waals surface area contributed by atoms with Gasteiger partial charge < -0.3 is 9.47 Å². The fourth-order valence-corrected chi connectivity index (χ4v) is 6.23. The van der Waals surface area contributed by atoms with E-state index in [9.17, 15) is 9.59 Å². The Morgan fingerprint density at radius 1 is 0.432 bits per heavy atom. The first kappa shape index (κ1) is 27.6. The maximum absolute atomic E-state index is 13.5. The number of fused-ring (bicyclic) bond motifs is 2. The summed E-state index contributed by atoms with van der Waals surface area (Å²) in [6, 6.07) is 35.1. The largest absolute Gasteiger partial charge is 0.423 e. The number of esters is 2. The van der Waals surface area contributed by atoms with Gasteiger partial charge in [0, 0.05) is 0 Å². The fourth-order valence-electron chi connectivity index (χ4n) is 6.23. The average molecular weight is 577 g/mol. The van der Waals surface area contributed by atoms with Crippen molar-refractivity contribution in [2.75, 3.05) is 0 Å². The highest BCUT2D eigenvalue weighted by Crippen LogP contribution is 2.42. The fraction of sp³-hybridized carbons (Fsp3) is 0.150. The summed E-state index contributed by atoms with van der Waals surface area (Å²) in [5.41, 5.74) is 3.41. The number of hydrogen-bond acceptors (Lipinski definition) is 4. The molecule has 0 heterocycles. The van der Waals surface area contributed by atoms with E-state index in [1.807, 2.05) is 97.1 Å². The number of carbonyl (C=O) groups is 2. The number of hydrogen-bond donors (Lipinski definition) is 0. The maximum atomic E-state index is 13.5. The van der Waals surface area contributed by atoms with Crippen LogP contribution in [0.1, 0.15) is 71.4 Å². The molecule has 0 atom stereocenters. The second kappa shape index (κ2) is 10.8. The Labute approximate surface area is 256 Å². The monoisotopic (exact) mass is 576 g/mol. The summed E-state index contributed by atoms with van der Waals surface area (Å²) in [5, 5.41) is 7.72. The summed E-state index contributed by atoms with van der Waals surface area (Å²) in [6.07, 6.45) is 0. The minimum absolute atomic E-state index is 0.394. The second-order valence-corrected chi connectivity index (χ2v) is 12.0. The Bertz CT molecular complexity index is 2010. The van der Waals surface area contributed by atoms with Gasteiger partial charge in [0.2, 0.25) is 0 Å². The molecule has 44 heavy (non-hydrogen) atoms. The van der Waals surface area contributed by atoms with Crippen LogP contribution in [0, 0.1) is 0 Å². The zero-order valence-corrected chi connectivity index (χ0v) is 25.2. The first-order chi connectivity index (χ1) is 21.3. The molecule has 216 valence electrons. The molecule has 0 fully saturated rings. The molecule has 0 saturated carbocycles. The zero-order valence-electron chi connectivity index (χ0n) is 25.2. The molecular formula is C40H32O4. The van der Waals surface area contributed by atoms with Crippen molar-refractivity contribution in [1.29, 1.82) is 0 Å². The average Bonchev–Trinajstić information content (AvgIpc) is 3.03. The Morgan fingerprint density at radius 2 is 0.773 bits per heavy atom. The lowest BCUT2D eigenvalue weighted by Gasteiger charge is -2.17. The Balaban J connectivity index is 1.31. The normalized spacial score (nSPS) is 11.8. The Kier molecular flexibility index (Phi) is 6.78. The molecular weight excluding hydrogens is 544 g/mol. The molecule has 4 nitrogen and oxygen atoms in total. The molecule has 7 aromatic carbocycles. The van der Waals surface area contributed by atoms with Gasteiger partial charge in [0.05, 0.1) is 11.1 Å². The highest BCUT2D eigenvalue weighted by atomic mass is 16.5. The van der Waals surface area contributed by atoms with E-state index < -0.39 is 11.9 Å². The van der Waals surface area contributed by atoms with Crippen molar-refractivity contribution in [2.24, 2.45) is 0 Å². The van der Waals surface area contributed by atoms with E-state index >= 15 is 0 Å². The molecule has 0 unspecified atom stereocenters. The van der Waals surface area contributed by atoms with E-state index in [2.05, 4.69) is 39.8 Å². The predicted octanol–water partition coefficient (Wildman–Crippen LogP) is 10.4. The van der Waals surface area contributed by atoms with Crippen LogP contribution in [0.3, 0.4) is 0 Å². The summed E-state index contributed by atoms with van der Waals surface area (Å²) in [5.74, 6) is 1.05. The van der Waals surface area contributed by atoms with E-state index in [-0.39, 0.29) is 0 Å². The molecule has 0 radical (unpaired) electrons. The topological polar surface area (TPSA) is 52.6 Å². The van der Waals surface area contributed by atoms with Crippen LogP contribution in [0.4, 0.5) is 0 Å². The molecule has 0 spiro atoms. The van der Waals surface area contributed by atoms with Gasteiger partial charge in [-0.05, 0) is 102 Å². The van der Waals surface area contributed by atoms with Crippen LogP contribution in [-0.4, -0.2) is 11.9 Å². The van der Waals surface area contributed by atoms with Gasteiger partial charge in [-0.1, -0.05) is 100 Å². The van der Waals surface area contributed by atoms with Gasteiger partial charge in [0.1, 0.15) is 11.5 Å². The maximum Gasteiger partial charge on any atom is 0.344 e. The van der Waals surface area contributed by atoms with Gasteiger partial charge in [0.25, 0.3) is 0 Å². The molecule has 0 saturated heterocycles. The summed E-state index contributed by atoms with van der Waals surface area (Å²) < 4.78 is 11.6. The third-order valence-electron chi connectivity index (χ3n) is 8.62. The van der Waals surface area contributed by atoms with Crippen LogP contribution in [-0.2, 0) is 0 Å². The second-order valence-electron chi connectivity index (χ2n) is 12.0. The van der Waals surface area contributed by atoms with Crippen molar-refractivity contribution in [3.05, 3.63) is 131 Å². The van der Waals surface area contributed by atoms with Crippen LogP contribution in [0.15, 0.2) is 109 Å². The third kappa shape index (κ3) is 4.64. The van der Waals surface area contributed by atoms with Crippen LogP contribution >= 0.6 is 0 Å². The minimum atomic E-state index is -0.394. The molecule has 0 aliphatic carbocycles. The molecule has 0 bridgehead atoms. The quantitative estimate of drug-likeness (QED) is 0.0855. The van der Waals surface area contributed by atoms with Crippen molar-refractivity contribution < 1.29 is 19.1 Å². The van der Waals surface area contributed by atoms with Crippen molar-refractivity contribution in [3.63, 3.8) is 0 Å². The van der Waals surface area contributed by atoms with Crippen molar-refractivity contribution >= 4 is 55.0 Å². The van der Waals surface area contributed by atoms with Crippen LogP contribution < -0.4 is 9.47 Å². The summed E-state index contributed by atoms with van der Waals surface area (Å²) in [4.78, 5) is 26.9. The number of carbonyl (C=O) groups excluding carboxylic acids is 2. The first-order valence-electron chi connectivity index (χ1n) is 15.1. The standard InChI is InChI=1S/C40H32O4/c1-23(2)25-11-15-27(16-12-25)43-39(41)35-21-19-33-30-8-6-10-32-36(40(42)44-28-17-13-26(14-18-28)24(3)4)22-20-34(38(30)32)29-7-5-9-31(35)37(29)33/h5-24H,1-4H3. The lowest BCUT2D eigenvalue weighted by atomic mass is 9.87. The van der Waals surface area contributed by atoms with E-state index in [4.69, 9.17) is 9.47 Å². The number of benzene rings is 7. The number of rotatable bonds is 6. The van der Waals surface area contributed by atoms with Crippen molar-refractivity contribution in [2.45, 2.75) is 39.5 Å². The van der Waals surface area contributed by atoms with E-state index in [1.165, 1.54) is 11.1 Å². The lowest BCUT2D eigenvalue weighted by molar-refractivity contribution is 0.0727. The predicted molar refractivity (Wildman–Crippen MR) is 179 cm³/mol. The van der Waals surface area contributed by atoms with Crippen LogP contribution in [0.5, 0.6) is 11.5 Å². The molecule has 0 N–H and O–H groups in total. The zero-order chi connectivity index (χ0) is 30.5. The van der Waals surface area contributed by atoms with Gasteiger partial charge in [-0.3, -0.25) is 0 Å². The first-order valence-corrected chi connectivity index (χ1v) is 15.1.